The lowest BCUT2D eigenvalue weighted by molar-refractivity contribution is 0.443. The molecule has 0 amide bonds. The molecule has 1 aromatic carbocycles. The Morgan fingerprint density at radius 1 is 1.29 bits per heavy atom. The molecule has 1 unspecified atom stereocenters. The van der Waals surface area contributed by atoms with Gasteiger partial charge in [0, 0.05) is 32.0 Å². The van der Waals surface area contributed by atoms with Crippen molar-refractivity contribution >= 4 is 5.96 Å². The molecule has 0 spiro atoms. The van der Waals surface area contributed by atoms with E-state index in [-0.39, 0.29) is 0 Å². The molecule has 130 valence electrons. The highest BCUT2D eigenvalue weighted by Gasteiger charge is 2.06. The van der Waals surface area contributed by atoms with Gasteiger partial charge in [0.25, 0.3) is 0 Å². The van der Waals surface area contributed by atoms with Crippen molar-refractivity contribution in [2.75, 3.05) is 13.1 Å². The topological polar surface area (TPSA) is 54.2 Å². The van der Waals surface area contributed by atoms with Crippen molar-refractivity contribution in [1.29, 1.82) is 0 Å². The minimum Gasteiger partial charge on any atom is -0.357 e. The fourth-order valence-corrected chi connectivity index (χ4v) is 2.59. The van der Waals surface area contributed by atoms with Crippen molar-refractivity contribution in [3.63, 3.8) is 0 Å². The first kappa shape index (κ1) is 18.0. The fraction of sp³-hybridized carbons (Fsp3) is 0.474. The van der Waals surface area contributed by atoms with E-state index in [1.165, 1.54) is 16.7 Å². The highest BCUT2D eigenvalue weighted by Crippen LogP contribution is 2.11. The Bertz CT molecular complexity index is 646. The average Bonchev–Trinajstić information content (AvgIpc) is 3.04. The van der Waals surface area contributed by atoms with Crippen LogP contribution in [0.5, 0.6) is 0 Å². The molecule has 2 rings (SSSR count). The molecule has 0 fully saturated rings. The molecule has 0 aliphatic carbocycles. The minimum atomic E-state index is 0.467. The second-order valence-electron chi connectivity index (χ2n) is 6.34. The second kappa shape index (κ2) is 9.11. The van der Waals surface area contributed by atoms with E-state index in [9.17, 15) is 0 Å². The van der Waals surface area contributed by atoms with Crippen molar-refractivity contribution in [3.8, 4) is 0 Å². The van der Waals surface area contributed by atoms with Crippen LogP contribution in [0.3, 0.4) is 0 Å². The maximum Gasteiger partial charge on any atom is 0.191 e. The first-order valence-corrected chi connectivity index (χ1v) is 8.64. The molecule has 1 atom stereocenters. The Hall–Kier alpha value is -2.30. The monoisotopic (exact) mass is 327 g/mol. The molecule has 0 saturated carbocycles. The van der Waals surface area contributed by atoms with Gasteiger partial charge in [-0.2, -0.15) is 5.10 Å². The normalized spacial score (nSPS) is 12.9. The molecule has 2 N–H and O–H groups in total. The van der Waals surface area contributed by atoms with Gasteiger partial charge in [-0.05, 0) is 43.9 Å². The van der Waals surface area contributed by atoms with Crippen molar-refractivity contribution in [2.24, 2.45) is 10.9 Å². The Balaban J connectivity index is 1.90. The summed E-state index contributed by atoms with van der Waals surface area (Å²) in [6.45, 7) is 11.9. The number of hydrogen-bond acceptors (Lipinski definition) is 2. The third-order valence-electron chi connectivity index (χ3n) is 3.93. The fourth-order valence-electron chi connectivity index (χ4n) is 2.59. The van der Waals surface area contributed by atoms with Gasteiger partial charge < -0.3 is 10.6 Å². The summed E-state index contributed by atoms with van der Waals surface area (Å²) >= 11 is 0. The van der Waals surface area contributed by atoms with E-state index in [0.717, 1.165) is 25.6 Å². The third-order valence-corrected chi connectivity index (χ3v) is 3.93. The Kier molecular flexibility index (Phi) is 6.85. The SMILES string of the molecule is CCNC(=NCc1ccc(C)cc1C)NCC(C)Cn1cccn1. The Morgan fingerprint density at radius 3 is 2.79 bits per heavy atom. The van der Waals surface area contributed by atoms with Crippen LogP contribution in [0.15, 0.2) is 41.7 Å². The number of nitrogens with zero attached hydrogens (tertiary/aromatic N) is 3. The van der Waals surface area contributed by atoms with Crippen molar-refractivity contribution < 1.29 is 0 Å². The molecular formula is C19H29N5. The summed E-state index contributed by atoms with van der Waals surface area (Å²) in [6, 6.07) is 8.47. The molecule has 0 aliphatic heterocycles. The molecular weight excluding hydrogens is 298 g/mol. The van der Waals surface area contributed by atoms with Crippen LogP contribution in [0.1, 0.15) is 30.5 Å². The van der Waals surface area contributed by atoms with Gasteiger partial charge in [-0.15, -0.1) is 0 Å². The van der Waals surface area contributed by atoms with Crippen LogP contribution < -0.4 is 10.6 Å². The zero-order valence-corrected chi connectivity index (χ0v) is 15.2. The number of nitrogens with one attached hydrogen (secondary N) is 2. The van der Waals surface area contributed by atoms with Gasteiger partial charge in [0.1, 0.15) is 0 Å². The molecule has 0 saturated heterocycles. The van der Waals surface area contributed by atoms with Crippen LogP contribution >= 0.6 is 0 Å². The number of rotatable bonds is 7. The lowest BCUT2D eigenvalue weighted by Gasteiger charge is -2.16. The molecule has 2 aromatic rings. The van der Waals surface area contributed by atoms with Crippen molar-refractivity contribution in [1.82, 2.24) is 20.4 Å². The zero-order valence-electron chi connectivity index (χ0n) is 15.2. The first-order chi connectivity index (χ1) is 11.6. The number of aromatic nitrogens is 2. The summed E-state index contributed by atoms with van der Waals surface area (Å²) in [5.74, 6) is 1.33. The molecule has 1 aromatic heterocycles. The smallest absolute Gasteiger partial charge is 0.191 e. The number of guanidine groups is 1. The summed E-state index contributed by atoms with van der Waals surface area (Å²) in [6.07, 6.45) is 3.81. The maximum atomic E-state index is 4.72. The standard InChI is InChI=1S/C19H29N5/c1-5-20-19(21-12-16(3)14-24-10-6-9-23-24)22-13-18-8-7-15(2)11-17(18)4/h6-11,16H,5,12-14H2,1-4H3,(H2,20,21,22). The molecule has 0 radical (unpaired) electrons. The van der Waals surface area contributed by atoms with Crippen LogP contribution in [-0.2, 0) is 13.1 Å². The largest absolute Gasteiger partial charge is 0.357 e. The Labute approximate surface area is 145 Å². The Morgan fingerprint density at radius 2 is 2.12 bits per heavy atom. The van der Waals surface area contributed by atoms with E-state index in [1.807, 2.05) is 23.1 Å². The number of aryl methyl sites for hydroxylation is 2. The lowest BCUT2D eigenvalue weighted by atomic mass is 10.1. The summed E-state index contributed by atoms with van der Waals surface area (Å²) in [4.78, 5) is 4.72. The van der Waals surface area contributed by atoms with E-state index < -0.39 is 0 Å². The van der Waals surface area contributed by atoms with Gasteiger partial charge in [0.2, 0.25) is 0 Å². The third kappa shape index (κ3) is 5.72. The van der Waals surface area contributed by atoms with Gasteiger partial charge in [0.05, 0.1) is 6.54 Å². The minimum absolute atomic E-state index is 0.467. The average molecular weight is 327 g/mol. The predicted molar refractivity (Wildman–Crippen MR) is 100 cm³/mol. The van der Waals surface area contributed by atoms with E-state index in [2.05, 4.69) is 61.6 Å². The van der Waals surface area contributed by atoms with Crippen LogP contribution in [0.2, 0.25) is 0 Å². The van der Waals surface area contributed by atoms with E-state index in [0.29, 0.717) is 12.5 Å². The highest BCUT2D eigenvalue weighted by atomic mass is 15.3. The molecule has 24 heavy (non-hydrogen) atoms. The molecule has 0 bridgehead atoms. The van der Waals surface area contributed by atoms with E-state index in [4.69, 9.17) is 4.99 Å². The van der Waals surface area contributed by atoms with Gasteiger partial charge in [-0.3, -0.25) is 4.68 Å². The first-order valence-electron chi connectivity index (χ1n) is 8.64. The van der Waals surface area contributed by atoms with Gasteiger partial charge in [0.15, 0.2) is 5.96 Å². The van der Waals surface area contributed by atoms with E-state index >= 15 is 0 Å². The maximum absolute atomic E-state index is 4.72. The molecule has 0 aliphatic rings. The molecule has 1 heterocycles. The summed E-state index contributed by atoms with van der Waals surface area (Å²) in [7, 11) is 0. The van der Waals surface area contributed by atoms with Crippen LogP contribution in [0.25, 0.3) is 0 Å². The van der Waals surface area contributed by atoms with Gasteiger partial charge >= 0.3 is 0 Å². The quantitative estimate of drug-likeness (QED) is 0.607. The second-order valence-corrected chi connectivity index (χ2v) is 6.34. The van der Waals surface area contributed by atoms with Crippen LogP contribution in [0, 0.1) is 19.8 Å². The molecule has 5 heteroatoms. The van der Waals surface area contributed by atoms with Crippen LogP contribution in [-0.4, -0.2) is 28.8 Å². The van der Waals surface area contributed by atoms with Gasteiger partial charge in [-0.25, -0.2) is 4.99 Å². The molecule has 5 nitrogen and oxygen atoms in total. The predicted octanol–water partition coefficient (Wildman–Crippen LogP) is 2.89. The van der Waals surface area contributed by atoms with Crippen molar-refractivity contribution in [2.45, 2.75) is 40.8 Å². The van der Waals surface area contributed by atoms with Crippen molar-refractivity contribution in [3.05, 3.63) is 53.3 Å². The van der Waals surface area contributed by atoms with Crippen LogP contribution in [0.4, 0.5) is 0 Å². The summed E-state index contributed by atoms with van der Waals surface area (Å²) < 4.78 is 1.96. The summed E-state index contributed by atoms with van der Waals surface area (Å²) in [5.41, 5.74) is 3.85. The van der Waals surface area contributed by atoms with Gasteiger partial charge in [-0.1, -0.05) is 30.7 Å². The number of aliphatic imine (C=N–C) groups is 1. The highest BCUT2D eigenvalue weighted by molar-refractivity contribution is 5.79. The lowest BCUT2D eigenvalue weighted by Crippen LogP contribution is -2.40. The summed E-state index contributed by atoms with van der Waals surface area (Å²) in [5, 5.41) is 11.0. The van der Waals surface area contributed by atoms with E-state index in [1.54, 1.807) is 0 Å². The number of benzene rings is 1. The number of hydrogen-bond donors (Lipinski definition) is 2. The zero-order chi connectivity index (χ0) is 17.4.